The summed E-state index contributed by atoms with van der Waals surface area (Å²) >= 11 is 2.91. The SMILES string of the molecule is CCCCCCOc1ccc(/C=C(\C#N)C(=O)Nc2nnc(SCCCC)s2)cc1OC. The molecule has 0 fully saturated rings. The van der Waals surface area contributed by atoms with Crippen LogP contribution in [0.4, 0.5) is 5.13 Å². The number of nitrogens with one attached hydrogen (secondary N) is 1. The lowest BCUT2D eigenvalue weighted by molar-refractivity contribution is -0.112. The van der Waals surface area contributed by atoms with E-state index in [1.807, 2.05) is 6.07 Å². The number of carbonyl (C=O) groups is 1. The smallest absolute Gasteiger partial charge is 0.268 e. The van der Waals surface area contributed by atoms with E-state index in [1.54, 1.807) is 37.1 Å². The quantitative estimate of drug-likeness (QED) is 0.119. The van der Waals surface area contributed by atoms with Gasteiger partial charge in [-0.15, -0.1) is 10.2 Å². The molecule has 1 amide bonds. The Labute approximate surface area is 198 Å². The number of thioether (sulfide) groups is 1. The third-order valence-corrected chi connectivity index (χ3v) is 6.53. The van der Waals surface area contributed by atoms with Gasteiger partial charge in [0.05, 0.1) is 13.7 Å². The number of nitrogens with zero attached hydrogens (tertiary/aromatic N) is 3. The molecule has 1 N–H and O–H groups in total. The molecule has 32 heavy (non-hydrogen) atoms. The molecule has 1 aromatic carbocycles. The van der Waals surface area contributed by atoms with Gasteiger partial charge in [0.25, 0.3) is 5.91 Å². The van der Waals surface area contributed by atoms with Crippen molar-refractivity contribution in [2.45, 2.75) is 56.7 Å². The van der Waals surface area contributed by atoms with Crippen molar-refractivity contribution >= 4 is 40.2 Å². The minimum Gasteiger partial charge on any atom is -0.493 e. The van der Waals surface area contributed by atoms with Gasteiger partial charge in [0.1, 0.15) is 11.6 Å². The zero-order valence-corrected chi connectivity index (χ0v) is 20.5. The third-order valence-electron chi connectivity index (χ3n) is 4.47. The molecule has 1 heterocycles. The molecule has 2 rings (SSSR count). The third kappa shape index (κ3) is 8.52. The first-order valence-corrected chi connectivity index (χ1v) is 12.6. The second-order valence-corrected chi connectivity index (χ2v) is 9.34. The van der Waals surface area contributed by atoms with E-state index >= 15 is 0 Å². The molecular formula is C23H30N4O3S2. The van der Waals surface area contributed by atoms with Crippen LogP contribution >= 0.6 is 23.1 Å². The summed E-state index contributed by atoms with van der Waals surface area (Å²) in [6.45, 7) is 4.93. The van der Waals surface area contributed by atoms with Crippen LogP contribution in [0, 0.1) is 11.3 Å². The molecule has 0 aliphatic heterocycles. The van der Waals surface area contributed by atoms with Crippen LogP contribution in [-0.4, -0.2) is 35.6 Å². The Kier molecular flexibility index (Phi) is 11.6. The largest absolute Gasteiger partial charge is 0.493 e. The molecule has 9 heteroatoms. The lowest BCUT2D eigenvalue weighted by Gasteiger charge is -2.11. The lowest BCUT2D eigenvalue weighted by atomic mass is 10.1. The number of aromatic nitrogens is 2. The zero-order chi connectivity index (χ0) is 23.2. The van der Waals surface area contributed by atoms with Gasteiger partial charge in [-0.1, -0.05) is 68.7 Å². The van der Waals surface area contributed by atoms with Crippen molar-refractivity contribution < 1.29 is 14.3 Å². The fraction of sp³-hybridized carbons (Fsp3) is 0.478. The van der Waals surface area contributed by atoms with Crippen molar-refractivity contribution in [3.8, 4) is 17.6 Å². The monoisotopic (exact) mass is 474 g/mol. The Morgan fingerprint density at radius 2 is 2.00 bits per heavy atom. The summed E-state index contributed by atoms with van der Waals surface area (Å²) in [6.07, 6.45) is 8.22. The maximum absolute atomic E-state index is 12.5. The van der Waals surface area contributed by atoms with Crippen LogP contribution in [0.2, 0.25) is 0 Å². The maximum atomic E-state index is 12.5. The number of carbonyl (C=O) groups excluding carboxylic acids is 1. The van der Waals surface area contributed by atoms with E-state index in [9.17, 15) is 10.1 Å². The number of ether oxygens (including phenoxy) is 2. The Bertz CT molecular complexity index is 938. The van der Waals surface area contributed by atoms with Crippen molar-refractivity contribution in [3.63, 3.8) is 0 Å². The molecule has 172 valence electrons. The first-order valence-electron chi connectivity index (χ1n) is 10.8. The number of hydrogen-bond acceptors (Lipinski definition) is 8. The van der Waals surface area contributed by atoms with Crippen molar-refractivity contribution in [1.82, 2.24) is 10.2 Å². The van der Waals surface area contributed by atoms with Crippen LogP contribution in [0.1, 0.15) is 57.9 Å². The first-order chi connectivity index (χ1) is 15.6. The van der Waals surface area contributed by atoms with E-state index in [-0.39, 0.29) is 5.57 Å². The average Bonchev–Trinajstić information content (AvgIpc) is 3.24. The predicted octanol–water partition coefficient (Wildman–Crippen LogP) is 5.94. The summed E-state index contributed by atoms with van der Waals surface area (Å²) in [4.78, 5) is 12.5. The van der Waals surface area contributed by atoms with Crippen LogP contribution < -0.4 is 14.8 Å². The number of amides is 1. The highest BCUT2D eigenvalue weighted by Crippen LogP contribution is 2.30. The molecule has 0 unspecified atom stereocenters. The van der Waals surface area contributed by atoms with E-state index in [1.165, 1.54) is 30.3 Å². The van der Waals surface area contributed by atoms with Gasteiger partial charge in [-0.05, 0) is 36.6 Å². The van der Waals surface area contributed by atoms with Crippen LogP contribution in [0.25, 0.3) is 6.08 Å². The summed E-state index contributed by atoms with van der Waals surface area (Å²) in [7, 11) is 1.57. The van der Waals surface area contributed by atoms with Gasteiger partial charge < -0.3 is 9.47 Å². The highest BCUT2D eigenvalue weighted by atomic mass is 32.2. The molecule has 0 saturated carbocycles. The number of nitriles is 1. The van der Waals surface area contributed by atoms with Gasteiger partial charge in [-0.25, -0.2) is 0 Å². The summed E-state index contributed by atoms with van der Waals surface area (Å²) in [6, 6.07) is 7.29. The second-order valence-electron chi connectivity index (χ2n) is 7.02. The number of methoxy groups -OCH3 is 1. The van der Waals surface area contributed by atoms with Crippen molar-refractivity contribution in [2.24, 2.45) is 0 Å². The summed E-state index contributed by atoms with van der Waals surface area (Å²) in [5, 5.41) is 20.6. The van der Waals surface area contributed by atoms with Gasteiger partial charge in [0.2, 0.25) is 5.13 Å². The lowest BCUT2D eigenvalue weighted by Crippen LogP contribution is -2.13. The summed E-state index contributed by atoms with van der Waals surface area (Å²) < 4.78 is 12.0. The maximum Gasteiger partial charge on any atom is 0.268 e. The Morgan fingerprint density at radius 1 is 1.19 bits per heavy atom. The van der Waals surface area contributed by atoms with Crippen LogP contribution in [0.3, 0.4) is 0 Å². The van der Waals surface area contributed by atoms with Gasteiger partial charge in [0.15, 0.2) is 15.8 Å². The highest BCUT2D eigenvalue weighted by Gasteiger charge is 2.14. The van der Waals surface area contributed by atoms with Gasteiger partial charge in [0, 0.05) is 5.75 Å². The number of rotatable bonds is 14. The Balaban J connectivity index is 2.02. The number of anilines is 1. The van der Waals surface area contributed by atoms with E-state index < -0.39 is 5.91 Å². The molecular weight excluding hydrogens is 444 g/mol. The number of benzene rings is 1. The molecule has 7 nitrogen and oxygen atoms in total. The first kappa shape index (κ1) is 25.7. The van der Waals surface area contributed by atoms with E-state index in [0.29, 0.717) is 28.8 Å². The summed E-state index contributed by atoms with van der Waals surface area (Å²) in [5.74, 6) is 1.64. The average molecular weight is 475 g/mol. The fourth-order valence-electron chi connectivity index (χ4n) is 2.71. The second kappa shape index (κ2) is 14.5. The van der Waals surface area contributed by atoms with Crippen molar-refractivity contribution in [3.05, 3.63) is 29.3 Å². The molecule has 0 spiro atoms. The molecule has 0 radical (unpaired) electrons. The molecule has 0 aliphatic carbocycles. The van der Waals surface area contributed by atoms with Gasteiger partial charge in [-0.3, -0.25) is 10.1 Å². The van der Waals surface area contributed by atoms with Crippen LogP contribution in [0.5, 0.6) is 11.5 Å². The zero-order valence-electron chi connectivity index (χ0n) is 18.8. The molecule has 0 saturated heterocycles. The normalized spacial score (nSPS) is 11.1. The highest BCUT2D eigenvalue weighted by molar-refractivity contribution is 8.01. The molecule has 2 aromatic rings. The minimum absolute atomic E-state index is 0.0318. The van der Waals surface area contributed by atoms with Gasteiger partial charge in [-0.2, -0.15) is 5.26 Å². The van der Waals surface area contributed by atoms with E-state index in [4.69, 9.17) is 9.47 Å². The minimum atomic E-state index is -0.524. The molecule has 0 bridgehead atoms. The summed E-state index contributed by atoms with van der Waals surface area (Å²) in [5.41, 5.74) is 0.635. The molecule has 1 aromatic heterocycles. The van der Waals surface area contributed by atoms with E-state index in [2.05, 4.69) is 29.4 Å². The van der Waals surface area contributed by atoms with Crippen LogP contribution in [-0.2, 0) is 4.79 Å². The van der Waals surface area contributed by atoms with Crippen molar-refractivity contribution in [1.29, 1.82) is 5.26 Å². The molecule has 0 atom stereocenters. The van der Waals surface area contributed by atoms with Gasteiger partial charge >= 0.3 is 0 Å². The topological polar surface area (TPSA) is 97.1 Å². The Hall–Kier alpha value is -2.57. The predicted molar refractivity (Wildman–Crippen MR) is 130 cm³/mol. The standard InChI is InChI=1S/C23H30N4O3S2/c1-4-6-8-9-12-30-19-11-10-17(15-20(19)29-3)14-18(16-24)21(28)25-22-26-27-23(32-22)31-13-7-5-2/h10-11,14-15H,4-9,12-13H2,1-3H3,(H,25,26,28)/b18-14+. The van der Waals surface area contributed by atoms with Crippen LogP contribution in [0.15, 0.2) is 28.1 Å². The number of hydrogen-bond donors (Lipinski definition) is 1. The molecule has 0 aliphatic rings. The number of unbranched alkanes of at least 4 members (excludes halogenated alkanes) is 4. The fourth-order valence-corrected chi connectivity index (χ4v) is 4.61. The Morgan fingerprint density at radius 3 is 2.72 bits per heavy atom. The van der Waals surface area contributed by atoms with Crippen molar-refractivity contribution in [2.75, 3.05) is 24.8 Å². The van der Waals surface area contributed by atoms with E-state index in [0.717, 1.165) is 35.8 Å².